The van der Waals surface area contributed by atoms with Crippen LogP contribution in [0.2, 0.25) is 0 Å². The van der Waals surface area contributed by atoms with Crippen molar-refractivity contribution in [2.75, 3.05) is 0 Å². The normalized spacial score (nSPS) is 12.3. The van der Waals surface area contributed by atoms with Gasteiger partial charge in [0.25, 0.3) is 0 Å². The molecule has 0 aliphatic carbocycles. The van der Waals surface area contributed by atoms with E-state index in [-0.39, 0.29) is 5.82 Å². The fourth-order valence-electron chi connectivity index (χ4n) is 1.41. The molecule has 0 unspecified atom stereocenters. The average Bonchev–Trinajstić information content (AvgIpc) is 2.44. The summed E-state index contributed by atoms with van der Waals surface area (Å²) < 4.78 is 27.2. The standard InChI is InChI=1S/C10H9F2N2/c1-10(11,12)9-13-7-5-3-4-6-8(7)14(9)2/h3-6H,2H2,1H3. The molecule has 0 bridgehead atoms. The van der Waals surface area contributed by atoms with E-state index in [4.69, 9.17) is 0 Å². The lowest BCUT2D eigenvalue weighted by Crippen LogP contribution is -2.13. The molecule has 1 aromatic heterocycles. The molecular weight excluding hydrogens is 186 g/mol. The summed E-state index contributed by atoms with van der Waals surface area (Å²) >= 11 is 0. The predicted octanol–water partition coefficient (Wildman–Crippen LogP) is 2.79. The van der Waals surface area contributed by atoms with Gasteiger partial charge in [-0.15, -0.1) is 0 Å². The minimum absolute atomic E-state index is 0.307. The van der Waals surface area contributed by atoms with Gasteiger partial charge in [0, 0.05) is 14.0 Å². The number of hydrogen-bond acceptors (Lipinski definition) is 1. The van der Waals surface area contributed by atoms with E-state index in [1.165, 1.54) is 4.57 Å². The number of nitrogens with zero attached hydrogens (tertiary/aromatic N) is 2. The van der Waals surface area contributed by atoms with Gasteiger partial charge in [0.15, 0.2) is 5.82 Å². The molecule has 2 nitrogen and oxygen atoms in total. The van der Waals surface area contributed by atoms with Gasteiger partial charge in [0.05, 0.1) is 11.0 Å². The molecule has 73 valence electrons. The summed E-state index contributed by atoms with van der Waals surface area (Å²) in [5.41, 5.74) is 1.16. The lowest BCUT2D eigenvalue weighted by molar-refractivity contribution is 0.00654. The van der Waals surface area contributed by atoms with Gasteiger partial charge in [-0.25, -0.2) is 4.98 Å². The molecule has 0 aliphatic heterocycles. The Kier molecular flexibility index (Phi) is 1.80. The number of para-hydroxylation sites is 2. The van der Waals surface area contributed by atoms with Gasteiger partial charge < -0.3 is 4.57 Å². The lowest BCUT2D eigenvalue weighted by atomic mass is 10.3. The minimum Gasteiger partial charge on any atom is -0.321 e. The van der Waals surface area contributed by atoms with Crippen LogP contribution in [0.5, 0.6) is 0 Å². The number of imidazole rings is 1. The second-order valence-electron chi connectivity index (χ2n) is 3.24. The zero-order valence-electron chi connectivity index (χ0n) is 7.67. The van der Waals surface area contributed by atoms with E-state index in [0.717, 1.165) is 6.92 Å². The highest BCUT2D eigenvalue weighted by molar-refractivity contribution is 5.76. The van der Waals surface area contributed by atoms with Crippen molar-refractivity contribution in [3.05, 3.63) is 37.1 Å². The van der Waals surface area contributed by atoms with Crippen LogP contribution < -0.4 is 0 Å². The van der Waals surface area contributed by atoms with Gasteiger partial charge in [0.1, 0.15) is 0 Å². The highest BCUT2D eigenvalue weighted by Gasteiger charge is 2.30. The van der Waals surface area contributed by atoms with Gasteiger partial charge in [-0.2, -0.15) is 8.78 Å². The Morgan fingerprint density at radius 1 is 1.36 bits per heavy atom. The average molecular weight is 195 g/mol. The van der Waals surface area contributed by atoms with Crippen LogP contribution in [-0.4, -0.2) is 9.55 Å². The van der Waals surface area contributed by atoms with Crippen molar-refractivity contribution in [1.29, 1.82) is 0 Å². The number of alkyl halides is 2. The first-order valence-corrected chi connectivity index (χ1v) is 4.17. The van der Waals surface area contributed by atoms with Gasteiger partial charge in [-0.1, -0.05) is 12.1 Å². The predicted molar refractivity (Wildman–Crippen MR) is 50.1 cm³/mol. The largest absolute Gasteiger partial charge is 0.321 e. The lowest BCUT2D eigenvalue weighted by Gasteiger charge is -2.08. The third-order valence-electron chi connectivity index (χ3n) is 2.05. The smallest absolute Gasteiger partial charge is 0.302 e. The Morgan fingerprint density at radius 2 is 2.00 bits per heavy atom. The molecule has 0 N–H and O–H groups in total. The maximum absolute atomic E-state index is 13.0. The molecule has 4 heteroatoms. The van der Waals surface area contributed by atoms with Crippen LogP contribution in [0.25, 0.3) is 11.0 Å². The van der Waals surface area contributed by atoms with Gasteiger partial charge >= 0.3 is 5.92 Å². The number of benzene rings is 1. The molecule has 1 radical (unpaired) electrons. The number of aromatic nitrogens is 2. The second-order valence-corrected chi connectivity index (χ2v) is 3.24. The molecule has 0 spiro atoms. The van der Waals surface area contributed by atoms with E-state index in [1.54, 1.807) is 24.3 Å². The molecule has 1 aromatic carbocycles. The van der Waals surface area contributed by atoms with Crippen molar-refractivity contribution in [3.63, 3.8) is 0 Å². The molecule has 2 rings (SSSR count). The monoisotopic (exact) mass is 195 g/mol. The van der Waals surface area contributed by atoms with Crippen LogP contribution in [0.1, 0.15) is 12.7 Å². The minimum atomic E-state index is -2.96. The first-order chi connectivity index (χ1) is 6.50. The molecule has 0 saturated heterocycles. The van der Waals surface area contributed by atoms with E-state index >= 15 is 0 Å². The molecule has 0 fully saturated rings. The van der Waals surface area contributed by atoms with Crippen LogP contribution >= 0.6 is 0 Å². The van der Waals surface area contributed by atoms with Crippen molar-refractivity contribution in [2.24, 2.45) is 0 Å². The highest BCUT2D eigenvalue weighted by atomic mass is 19.3. The summed E-state index contributed by atoms with van der Waals surface area (Å²) in [5, 5.41) is 0. The van der Waals surface area contributed by atoms with Crippen molar-refractivity contribution in [3.8, 4) is 0 Å². The maximum Gasteiger partial charge on any atom is 0.302 e. The summed E-state index contributed by atoms with van der Waals surface area (Å²) in [4.78, 5) is 3.83. The van der Waals surface area contributed by atoms with E-state index < -0.39 is 5.92 Å². The number of hydrogen-bond donors (Lipinski definition) is 0. The van der Waals surface area contributed by atoms with Gasteiger partial charge in [-0.05, 0) is 12.1 Å². The quantitative estimate of drug-likeness (QED) is 0.684. The SMILES string of the molecule is [CH2]n1c(C(C)(F)F)nc2ccccc21. The first kappa shape index (κ1) is 9.12. The summed E-state index contributed by atoms with van der Waals surface area (Å²) in [7, 11) is 3.55. The summed E-state index contributed by atoms with van der Waals surface area (Å²) in [5.74, 6) is -3.26. The van der Waals surface area contributed by atoms with E-state index in [2.05, 4.69) is 12.0 Å². The Bertz CT molecular complexity index is 468. The first-order valence-electron chi connectivity index (χ1n) is 4.17. The van der Waals surface area contributed by atoms with Crippen molar-refractivity contribution in [2.45, 2.75) is 12.8 Å². The number of rotatable bonds is 1. The van der Waals surface area contributed by atoms with E-state index in [1.807, 2.05) is 0 Å². The van der Waals surface area contributed by atoms with Crippen LogP contribution in [-0.2, 0) is 5.92 Å². The maximum atomic E-state index is 13.0. The molecule has 14 heavy (non-hydrogen) atoms. The van der Waals surface area contributed by atoms with Crippen molar-refractivity contribution in [1.82, 2.24) is 9.55 Å². The molecule has 1 heterocycles. The van der Waals surface area contributed by atoms with Crippen LogP contribution in [0, 0.1) is 7.05 Å². The Labute approximate surface area is 80.2 Å². The van der Waals surface area contributed by atoms with Crippen molar-refractivity contribution >= 4 is 11.0 Å². The van der Waals surface area contributed by atoms with E-state index in [0.29, 0.717) is 11.0 Å². The molecule has 0 amide bonds. The Hall–Kier alpha value is -1.45. The fourth-order valence-corrected chi connectivity index (χ4v) is 1.41. The third kappa shape index (κ3) is 1.27. The topological polar surface area (TPSA) is 17.8 Å². The number of fused-ring (bicyclic) bond motifs is 1. The number of halogens is 2. The summed E-state index contributed by atoms with van der Waals surface area (Å²) in [6.07, 6.45) is 0. The zero-order valence-corrected chi connectivity index (χ0v) is 7.67. The van der Waals surface area contributed by atoms with Crippen LogP contribution in [0.3, 0.4) is 0 Å². The van der Waals surface area contributed by atoms with Gasteiger partial charge in [0.2, 0.25) is 0 Å². The van der Waals surface area contributed by atoms with Crippen LogP contribution in [0.4, 0.5) is 8.78 Å². The molecular formula is C10H9F2N2. The zero-order chi connectivity index (χ0) is 10.3. The fraction of sp³-hybridized carbons (Fsp3) is 0.200. The molecule has 0 saturated carbocycles. The second kappa shape index (κ2) is 2.77. The molecule has 2 aromatic rings. The van der Waals surface area contributed by atoms with Gasteiger partial charge in [-0.3, -0.25) is 0 Å². The van der Waals surface area contributed by atoms with Crippen LogP contribution in [0.15, 0.2) is 24.3 Å². The Balaban J connectivity index is 2.75. The van der Waals surface area contributed by atoms with Crippen molar-refractivity contribution < 1.29 is 8.78 Å². The third-order valence-corrected chi connectivity index (χ3v) is 2.05. The summed E-state index contributed by atoms with van der Waals surface area (Å²) in [6.45, 7) is 0.815. The highest BCUT2D eigenvalue weighted by Crippen LogP contribution is 2.28. The summed E-state index contributed by atoms with van der Waals surface area (Å²) in [6, 6.07) is 6.92. The van der Waals surface area contributed by atoms with E-state index in [9.17, 15) is 8.78 Å². The Morgan fingerprint density at radius 3 is 2.57 bits per heavy atom. The molecule has 0 aliphatic rings. The molecule has 0 atom stereocenters.